The number of likely N-dealkylation sites (N-methyl/N-ethyl adjacent to an activating group) is 1. The molecule has 23 heavy (non-hydrogen) atoms. The van der Waals surface area contributed by atoms with Gasteiger partial charge in [-0.15, -0.1) is 5.10 Å². The Hall–Kier alpha value is -2.70. The van der Waals surface area contributed by atoms with Crippen molar-refractivity contribution in [3.05, 3.63) is 42.2 Å². The molecule has 1 N–H and O–H groups in total. The first-order valence-corrected chi connectivity index (χ1v) is 7.51. The van der Waals surface area contributed by atoms with Crippen molar-refractivity contribution in [2.24, 2.45) is 0 Å². The average molecular weight is 314 g/mol. The van der Waals surface area contributed by atoms with Crippen LogP contribution in [0.2, 0.25) is 0 Å². The van der Waals surface area contributed by atoms with Gasteiger partial charge in [0.15, 0.2) is 0 Å². The van der Waals surface area contributed by atoms with Gasteiger partial charge in [-0.3, -0.25) is 4.79 Å². The third-order valence-electron chi connectivity index (χ3n) is 3.46. The summed E-state index contributed by atoms with van der Waals surface area (Å²) in [6.45, 7) is 11.2. The Bertz CT molecular complexity index is 680. The van der Waals surface area contributed by atoms with Crippen LogP contribution in [-0.4, -0.2) is 50.6 Å². The number of hydrogen-bond acceptors (Lipinski definition) is 5. The minimum absolute atomic E-state index is 0.0442. The minimum Gasteiger partial charge on any atom is -0.376 e. The molecule has 0 aliphatic rings. The molecule has 122 valence electrons. The van der Waals surface area contributed by atoms with Gasteiger partial charge < -0.3 is 10.2 Å². The topological polar surface area (TPSA) is 75.9 Å². The normalized spacial score (nSPS) is 10.4. The van der Waals surface area contributed by atoms with Gasteiger partial charge in [0, 0.05) is 18.8 Å². The molecule has 0 unspecified atom stereocenters. The van der Waals surface area contributed by atoms with Crippen molar-refractivity contribution in [3.8, 4) is 5.69 Å². The van der Waals surface area contributed by atoms with E-state index in [1.54, 1.807) is 9.58 Å². The zero-order valence-corrected chi connectivity index (χ0v) is 13.8. The molecule has 2 aromatic rings. The molecule has 0 saturated heterocycles. The van der Waals surface area contributed by atoms with Crippen molar-refractivity contribution >= 4 is 11.6 Å². The van der Waals surface area contributed by atoms with Gasteiger partial charge >= 0.3 is 0 Å². The summed E-state index contributed by atoms with van der Waals surface area (Å²) in [7, 11) is 0. The number of tetrazole rings is 1. The molecule has 0 radical (unpaired) electrons. The number of nitrogens with one attached hydrogen (secondary N) is 1. The van der Waals surface area contributed by atoms with Crippen LogP contribution in [0.3, 0.4) is 0 Å². The van der Waals surface area contributed by atoms with E-state index in [-0.39, 0.29) is 12.5 Å². The molecule has 1 aromatic carbocycles. The Kier molecular flexibility index (Phi) is 5.46. The van der Waals surface area contributed by atoms with Gasteiger partial charge in [-0.05, 0) is 48.9 Å². The highest BCUT2D eigenvalue weighted by atomic mass is 16.2. The monoisotopic (exact) mass is 314 g/mol. The van der Waals surface area contributed by atoms with Crippen LogP contribution in [0.1, 0.15) is 19.4 Å². The quantitative estimate of drug-likeness (QED) is 0.789. The molecule has 0 spiro atoms. The van der Waals surface area contributed by atoms with E-state index in [9.17, 15) is 4.79 Å². The molecule has 0 aliphatic heterocycles. The number of rotatable bonds is 7. The number of aryl methyl sites for hydroxylation is 1. The molecule has 0 fully saturated rings. The molecule has 1 heterocycles. The maximum atomic E-state index is 12.3. The Labute approximate surface area is 136 Å². The fraction of sp³-hybridized carbons (Fsp3) is 0.375. The van der Waals surface area contributed by atoms with Gasteiger partial charge in [-0.1, -0.05) is 18.2 Å². The van der Waals surface area contributed by atoms with Crippen LogP contribution < -0.4 is 5.32 Å². The molecule has 2 rings (SSSR count). The molecule has 1 amide bonds. The van der Waals surface area contributed by atoms with E-state index in [0.29, 0.717) is 13.1 Å². The number of amides is 1. The van der Waals surface area contributed by atoms with Crippen LogP contribution in [0.15, 0.2) is 36.7 Å². The van der Waals surface area contributed by atoms with E-state index in [0.717, 1.165) is 22.5 Å². The Morgan fingerprint density at radius 3 is 2.83 bits per heavy atom. The van der Waals surface area contributed by atoms with Gasteiger partial charge in [0.05, 0.1) is 12.2 Å². The molecule has 0 saturated carbocycles. The lowest BCUT2D eigenvalue weighted by molar-refractivity contribution is -0.128. The smallest absolute Gasteiger partial charge is 0.242 e. The summed E-state index contributed by atoms with van der Waals surface area (Å²) in [4.78, 5) is 14.1. The number of benzene rings is 1. The maximum Gasteiger partial charge on any atom is 0.242 e. The highest BCUT2D eigenvalue weighted by Crippen LogP contribution is 2.18. The number of aromatic nitrogens is 4. The van der Waals surface area contributed by atoms with Crippen molar-refractivity contribution in [1.82, 2.24) is 25.1 Å². The maximum absolute atomic E-state index is 12.3. The SMILES string of the molecule is C=C(C)CN(CC)C(=O)CNc1cc(-n2cnnn2)ccc1C. The largest absolute Gasteiger partial charge is 0.376 e. The lowest BCUT2D eigenvalue weighted by atomic mass is 10.2. The van der Waals surface area contributed by atoms with Gasteiger partial charge in [0.2, 0.25) is 5.91 Å². The minimum atomic E-state index is 0.0442. The Balaban J connectivity index is 2.06. The first kappa shape index (κ1) is 16.7. The van der Waals surface area contributed by atoms with E-state index in [1.165, 1.54) is 6.33 Å². The van der Waals surface area contributed by atoms with E-state index >= 15 is 0 Å². The van der Waals surface area contributed by atoms with E-state index in [4.69, 9.17) is 0 Å². The van der Waals surface area contributed by atoms with Gasteiger partial charge in [-0.2, -0.15) is 0 Å². The summed E-state index contributed by atoms with van der Waals surface area (Å²) in [5.74, 6) is 0.0442. The third-order valence-corrected chi connectivity index (χ3v) is 3.46. The van der Waals surface area contributed by atoms with Crippen molar-refractivity contribution in [1.29, 1.82) is 0 Å². The van der Waals surface area contributed by atoms with E-state index in [1.807, 2.05) is 39.0 Å². The van der Waals surface area contributed by atoms with Crippen LogP contribution in [0.25, 0.3) is 5.69 Å². The average Bonchev–Trinajstić information content (AvgIpc) is 3.05. The van der Waals surface area contributed by atoms with E-state index in [2.05, 4.69) is 27.4 Å². The predicted octanol–water partition coefficient (Wildman–Crippen LogP) is 1.81. The first-order chi connectivity index (χ1) is 11.0. The molecule has 0 aliphatic carbocycles. The second-order valence-electron chi connectivity index (χ2n) is 5.47. The highest BCUT2D eigenvalue weighted by molar-refractivity contribution is 5.81. The van der Waals surface area contributed by atoms with Gasteiger partial charge in [0.1, 0.15) is 6.33 Å². The van der Waals surface area contributed by atoms with Crippen LogP contribution in [0.4, 0.5) is 5.69 Å². The molecule has 0 bridgehead atoms. The van der Waals surface area contributed by atoms with Crippen molar-refractivity contribution in [2.45, 2.75) is 20.8 Å². The van der Waals surface area contributed by atoms with Crippen molar-refractivity contribution in [2.75, 3.05) is 25.0 Å². The molecule has 1 aromatic heterocycles. The molecule has 7 heteroatoms. The fourth-order valence-corrected chi connectivity index (χ4v) is 2.21. The highest BCUT2D eigenvalue weighted by Gasteiger charge is 2.12. The van der Waals surface area contributed by atoms with Crippen LogP contribution >= 0.6 is 0 Å². The van der Waals surface area contributed by atoms with Crippen LogP contribution in [-0.2, 0) is 4.79 Å². The fourth-order valence-electron chi connectivity index (χ4n) is 2.21. The molecule has 7 nitrogen and oxygen atoms in total. The summed E-state index contributed by atoms with van der Waals surface area (Å²) in [6, 6.07) is 5.82. The zero-order valence-electron chi connectivity index (χ0n) is 13.8. The van der Waals surface area contributed by atoms with Gasteiger partial charge in [0.25, 0.3) is 0 Å². The number of anilines is 1. The first-order valence-electron chi connectivity index (χ1n) is 7.51. The second kappa shape index (κ2) is 7.53. The van der Waals surface area contributed by atoms with Crippen LogP contribution in [0, 0.1) is 6.92 Å². The Morgan fingerprint density at radius 2 is 2.22 bits per heavy atom. The van der Waals surface area contributed by atoms with Gasteiger partial charge in [-0.25, -0.2) is 4.68 Å². The summed E-state index contributed by atoms with van der Waals surface area (Å²) < 4.78 is 1.58. The summed E-state index contributed by atoms with van der Waals surface area (Å²) in [5, 5.41) is 14.3. The number of carbonyl (C=O) groups is 1. The summed E-state index contributed by atoms with van der Waals surface area (Å²) in [6.07, 6.45) is 1.53. The summed E-state index contributed by atoms with van der Waals surface area (Å²) >= 11 is 0. The summed E-state index contributed by atoms with van der Waals surface area (Å²) in [5.41, 5.74) is 3.75. The number of hydrogen-bond donors (Lipinski definition) is 1. The molecular weight excluding hydrogens is 292 g/mol. The number of nitrogens with zero attached hydrogens (tertiary/aromatic N) is 5. The number of carbonyl (C=O) groups excluding carboxylic acids is 1. The standard InChI is InChI=1S/C16H22N6O/c1-5-21(10-12(2)3)16(23)9-17-15-8-14(7-6-13(15)4)22-11-18-19-20-22/h6-8,11,17H,2,5,9-10H2,1,3-4H3. The third kappa shape index (κ3) is 4.38. The lowest BCUT2D eigenvalue weighted by Crippen LogP contribution is -2.36. The molecular formula is C16H22N6O. The predicted molar refractivity (Wildman–Crippen MR) is 89.4 cm³/mol. The van der Waals surface area contributed by atoms with Crippen LogP contribution in [0.5, 0.6) is 0 Å². The van der Waals surface area contributed by atoms with E-state index < -0.39 is 0 Å². The zero-order chi connectivity index (χ0) is 16.8. The van der Waals surface area contributed by atoms with Crippen molar-refractivity contribution < 1.29 is 4.79 Å². The van der Waals surface area contributed by atoms with Crippen molar-refractivity contribution in [3.63, 3.8) is 0 Å². The lowest BCUT2D eigenvalue weighted by Gasteiger charge is -2.21. The Morgan fingerprint density at radius 1 is 1.43 bits per heavy atom. The second-order valence-corrected chi connectivity index (χ2v) is 5.47. The molecule has 0 atom stereocenters.